The van der Waals surface area contributed by atoms with E-state index in [0.29, 0.717) is 0 Å². The Morgan fingerprint density at radius 3 is 2.90 bits per heavy atom. The van der Waals surface area contributed by atoms with E-state index in [9.17, 15) is 0 Å². The lowest BCUT2D eigenvalue weighted by atomic mass is 10.1. The zero-order valence-electron chi connectivity index (χ0n) is 12.2. The van der Waals surface area contributed by atoms with Gasteiger partial charge in [-0.3, -0.25) is 9.88 Å². The predicted octanol–water partition coefficient (Wildman–Crippen LogP) is 3.44. The highest BCUT2D eigenvalue weighted by Gasteiger charge is 2.24. The van der Waals surface area contributed by atoms with Gasteiger partial charge in [-0.15, -0.1) is 0 Å². The second-order valence-electron chi connectivity index (χ2n) is 5.89. The van der Waals surface area contributed by atoms with Crippen LogP contribution in [0.5, 0.6) is 0 Å². The van der Waals surface area contributed by atoms with E-state index in [1.54, 1.807) is 0 Å². The molecule has 1 saturated carbocycles. The molecular formula is C17H23N3. The number of fused-ring (bicyclic) bond motifs is 1. The van der Waals surface area contributed by atoms with Gasteiger partial charge in [0.05, 0.1) is 5.52 Å². The highest BCUT2D eigenvalue weighted by atomic mass is 15.1. The molecular weight excluding hydrogens is 246 g/mol. The number of nitrogens with zero attached hydrogens (tertiary/aromatic N) is 2. The lowest BCUT2D eigenvalue weighted by Gasteiger charge is -2.22. The Hall–Kier alpha value is -1.61. The van der Waals surface area contributed by atoms with Gasteiger partial charge in [0, 0.05) is 30.4 Å². The highest BCUT2D eigenvalue weighted by Crippen LogP contribution is 2.31. The summed E-state index contributed by atoms with van der Waals surface area (Å²) < 4.78 is 0. The topological polar surface area (TPSA) is 42.1 Å². The van der Waals surface area contributed by atoms with Crippen molar-refractivity contribution in [2.45, 2.75) is 32.7 Å². The van der Waals surface area contributed by atoms with Gasteiger partial charge in [0.25, 0.3) is 0 Å². The van der Waals surface area contributed by atoms with E-state index in [1.807, 2.05) is 18.3 Å². The minimum Gasteiger partial charge on any atom is -0.398 e. The maximum absolute atomic E-state index is 6.05. The molecule has 2 N–H and O–H groups in total. The molecule has 0 saturated heterocycles. The Kier molecular flexibility index (Phi) is 3.88. The number of aromatic nitrogens is 1. The monoisotopic (exact) mass is 269 g/mol. The minimum absolute atomic E-state index is 0.820. The van der Waals surface area contributed by atoms with E-state index in [1.165, 1.54) is 31.4 Å². The molecule has 1 aromatic heterocycles. The Balaban J connectivity index is 1.86. The minimum atomic E-state index is 0.820. The Bertz CT molecular complexity index is 590. The third-order valence-corrected chi connectivity index (χ3v) is 4.03. The lowest BCUT2D eigenvalue weighted by Crippen LogP contribution is -2.26. The van der Waals surface area contributed by atoms with Crippen LogP contribution in [0.3, 0.4) is 0 Å². The van der Waals surface area contributed by atoms with Crippen molar-refractivity contribution >= 4 is 16.6 Å². The first-order chi connectivity index (χ1) is 9.78. The summed E-state index contributed by atoms with van der Waals surface area (Å²) >= 11 is 0. The molecule has 1 aliphatic rings. The molecule has 0 atom stereocenters. The van der Waals surface area contributed by atoms with Gasteiger partial charge < -0.3 is 5.73 Å². The van der Waals surface area contributed by atoms with Gasteiger partial charge in [0.2, 0.25) is 0 Å². The molecule has 3 nitrogen and oxygen atoms in total. The van der Waals surface area contributed by atoms with Crippen molar-refractivity contribution in [1.82, 2.24) is 9.88 Å². The number of anilines is 1. The van der Waals surface area contributed by atoms with Crippen molar-refractivity contribution in [2.75, 3.05) is 18.8 Å². The molecule has 1 aliphatic carbocycles. The molecule has 0 amide bonds. The lowest BCUT2D eigenvalue weighted by molar-refractivity contribution is 0.256. The van der Waals surface area contributed by atoms with Crippen LogP contribution in [0.15, 0.2) is 30.5 Å². The molecule has 20 heavy (non-hydrogen) atoms. The first kappa shape index (κ1) is 13.4. The van der Waals surface area contributed by atoms with Crippen LogP contribution in [0, 0.1) is 5.92 Å². The summed E-state index contributed by atoms with van der Waals surface area (Å²) in [6.45, 7) is 5.62. The van der Waals surface area contributed by atoms with Gasteiger partial charge in [0.1, 0.15) is 0 Å². The highest BCUT2D eigenvalue weighted by molar-refractivity contribution is 5.92. The third kappa shape index (κ3) is 2.93. The van der Waals surface area contributed by atoms with E-state index >= 15 is 0 Å². The third-order valence-electron chi connectivity index (χ3n) is 4.03. The Labute approximate surface area is 120 Å². The molecule has 1 heterocycles. The Morgan fingerprint density at radius 1 is 1.30 bits per heavy atom. The van der Waals surface area contributed by atoms with E-state index < -0.39 is 0 Å². The van der Waals surface area contributed by atoms with Crippen LogP contribution in [0.25, 0.3) is 10.9 Å². The number of nitrogen functional groups attached to an aromatic ring is 1. The molecule has 3 rings (SSSR count). The molecule has 0 aliphatic heterocycles. The van der Waals surface area contributed by atoms with Gasteiger partial charge in [-0.05, 0) is 55.5 Å². The van der Waals surface area contributed by atoms with Crippen LogP contribution in [-0.2, 0) is 6.54 Å². The largest absolute Gasteiger partial charge is 0.398 e. The summed E-state index contributed by atoms with van der Waals surface area (Å²) in [6.07, 6.45) is 5.87. The molecule has 0 spiro atoms. The van der Waals surface area contributed by atoms with Gasteiger partial charge >= 0.3 is 0 Å². The van der Waals surface area contributed by atoms with Crippen molar-refractivity contribution in [3.05, 3.63) is 36.0 Å². The quantitative estimate of drug-likeness (QED) is 0.817. The maximum Gasteiger partial charge on any atom is 0.0767 e. The zero-order chi connectivity index (χ0) is 13.9. The van der Waals surface area contributed by atoms with Gasteiger partial charge in [-0.1, -0.05) is 13.0 Å². The smallest absolute Gasteiger partial charge is 0.0767 e. The molecule has 1 aromatic carbocycles. The number of pyridine rings is 1. The van der Waals surface area contributed by atoms with Crippen LogP contribution in [0.1, 0.15) is 31.7 Å². The standard InChI is InChI=1S/C17H23N3/c1-2-10-20(11-13-5-6-13)12-14-7-8-16(18)15-4-3-9-19-17(14)15/h3-4,7-9,13H,2,5-6,10-12,18H2,1H3. The van der Waals surface area contributed by atoms with Crippen LogP contribution in [0.2, 0.25) is 0 Å². The van der Waals surface area contributed by atoms with Gasteiger partial charge in [-0.25, -0.2) is 0 Å². The maximum atomic E-state index is 6.05. The average Bonchev–Trinajstić information content (AvgIpc) is 3.26. The number of rotatable bonds is 6. The predicted molar refractivity (Wildman–Crippen MR) is 84.4 cm³/mol. The second-order valence-corrected chi connectivity index (χ2v) is 5.89. The normalized spacial score (nSPS) is 15.1. The first-order valence-electron chi connectivity index (χ1n) is 7.62. The summed E-state index contributed by atoms with van der Waals surface area (Å²) in [5.74, 6) is 0.926. The Morgan fingerprint density at radius 2 is 2.15 bits per heavy atom. The SMILES string of the molecule is CCCN(Cc1ccc(N)c2cccnc12)CC1CC1. The fourth-order valence-electron chi connectivity index (χ4n) is 2.84. The van der Waals surface area contributed by atoms with Crippen molar-refractivity contribution < 1.29 is 0 Å². The molecule has 0 unspecified atom stereocenters. The number of hydrogen-bond donors (Lipinski definition) is 1. The van der Waals surface area contributed by atoms with Crippen molar-refractivity contribution in [2.24, 2.45) is 5.92 Å². The molecule has 0 radical (unpaired) electrons. The van der Waals surface area contributed by atoms with Crippen molar-refractivity contribution in [3.8, 4) is 0 Å². The molecule has 1 fully saturated rings. The van der Waals surface area contributed by atoms with E-state index in [0.717, 1.165) is 35.6 Å². The van der Waals surface area contributed by atoms with Crippen LogP contribution in [-0.4, -0.2) is 23.0 Å². The first-order valence-corrected chi connectivity index (χ1v) is 7.62. The number of benzene rings is 1. The molecule has 3 heteroatoms. The van der Waals surface area contributed by atoms with Crippen molar-refractivity contribution in [3.63, 3.8) is 0 Å². The van der Waals surface area contributed by atoms with E-state index in [2.05, 4.69) is 28.9 Å². The van der Waals surface area contributed by atoms with E-state index in [-0.39, 0.29) is 0 Å². The molecule has 106 valence electrons. The van der Waals surface area contributed by atoms with Gasteiger partial charge in [-0.2, -0.15) is 0 Å². The van der Waals surface area contributed by atoms with Crippen LogP contribution in [0.4, 0.5) is 5.69 Å². The van der Waals surface area contributed by atoms with Crippen molar-refractivity contribution in [1.29, 1.82) is 0 Å². The number of hydrogen-bond acceptors (Lipinski definition) is 3. The second kappa shape index (κ2) is 5.80. The zero-order valence-corrected chi connectivity index (χ0v) is 12.2. The summed E-state index contributed by atoms with van der Waals surface area (Å²) in [5, 5.41) is 1.08. The summed E-state index contributed by atoms with van der Waals surface area (Å²) in [4.78, 5) is 7.11. The number of nitrogens with two attached hydrogens (primary N) is 1. The average molecular weight is 269 g/mol. The molecule has 2 aromatic rings. The fraction of sp³-hybridized carbons (Fsp3) is 0.471. The van der Waals surface area contributed by atoms with Gasteiger partial charge in [0.15, 0.2) is 0 Å². The van der Waals surface area contributed by atoms with Crippen LogP contribution < -0.4 is 5.73 Å². The summed E-state index contributed by atoms with van der Waals surface area (Å²) in [6, 6.07) is 8.17. The fourth-order valence-corrected chi connectivity index (χ4v) is 2.84. The van der Waals surface area contributed by atoms with Crippen LogP contribution >= 0.6 is 0 Å². The van der Waals surface area contributed by atoms with E-state index in [4.69, 9.17) is 5.73 Å². The summed E-state index contributed by atoms with van der Waals surface area (Å²) in [7, 11) is 0. The molecule has 0 bridgehead atoms. The summed E-state index contributed by atoms with van der Waals surface area (Å²) in [5.41, 5.74) is 9.23.